The molecule has 0 unspecified atom stereocenters. The number of fused-ring (bicyclic) bond motifs is 1. The van der Waals surface area contributed by atoms with Crippen molar-refractivity contribution in [1.29, 1.82) is 0 Å². The molecule has 3 nitrogen and oxygen atoms in total. The summed E-state index contributed by atoms with van der Waals surface area (Å²) in [4.78, 5) is 18.2. The summed E-state index contributed by atoms with van der Waals surface area (Å²) in [5, 5.41) is 0. The summed E-state index contributed by atoms with van der Waals surface area (Å²) in [5.74, 6) is 0. The van der Waals surface area contributed by atoms with Crippen molar-refractivity contribution < 1.29 is 0 Å². The molecule has 0 radical (unpaired) electrons. The third-order valence-corrected chi connectivity index (χ3v) is 10.2. The second kappa shape index (κ2) is 9.72. The third-order valence-electron chi connectivity index (χ3n) is 7.18. The number of rotatable bonds is 5. The Labute approximate surface area is 220 Å². The monoisotopic (exact) mass is 506 g/mol. The third kappa shape index (κ3) is 5.15. The Morgan fingerprint density at radius 2 is 1.51 bits per heavy atom. The molecule has 0 spiro atoms. The van der Waals surface area contributed by atoms with Crippen LogP contribution in [0.4, 0.5) is 0 Å². The average molecular weight is 507 g/mol. The Hall–Kier alpha value is -3.55. The SMILES string of the molecule is CC(C)(C)c1cc(=O)n2c([PH](C)(C)Cc3ccccc3-c3cc(-c4ccccc4)ccn3)cccc2c1. The van der Waals surface area contributed by atoms with Crippen molar-refractivity contribution in [3.63, 3.8) is 0 Å². The molecule has 0 atom stereocenters. The van der Waals surface area contributed by atoms with Crippen LogP contribution < -0.4 is 11.0 Å². The zero-order valence-corrected chi connectivity index (χ0v) is 23.3. The van der Waals surface area contributed by atoms with Crippen molar-refractivity contribution in [2.45, 2.75) is 32.3 Å². The van der Waals surface area contributed by atoms with Crippen LogP contribution in [-0.4, -0.2) is 22.7 Å². The Bertz CT molecular complexity index is 1630. The minimum absolute atomic E-state index is 0.0594. The first kappa shape index (κ1) is 25.1. The van der Waals surface area contributed by atoms with Gasteiger partial charge in [0.15, 0.2) is 0 Å². The Morgan fingerprint density at radius 1 is 0.784 bits per heavy atom. The van der Waals surface area contributed by atoms with E-state index in [9.17, 15) is 4.79 Å². The van der Waals surface area contributed by atoms with Gasteiger partial charge in [0.05, 0.1) is 0 Å². The van der Waals surface area contributed by atoms with E-state index in [-0.39, 0.29) is 11.0 Å². The minimum atomic E-state index is -2.09. The average Bonchev–Trinajstić information content (AvgIpc) is 2.88. The summed E-state index contributed by atoms with van der Waals surface area (Å²) in [5.41, 5.74) is 8.93. The van der Waals surface area contributed by atoms with E-state index >= 15 is 0 Å². The molecule has 0 fully saturated rings. The normalized spacial score (nSPS) is 12.6. The Kier molecular flexibility index (Phi) is 6.60. The summed E-state index contributed by atoms with van der Waals surface area (Å²) < 4.78 is 1.94. The van der Waals surface area contributed by atoms with Crippen molar-refractivity contribution in [1.82, 2.24) is 9.38 Å². The van der Waals surface area contributed by atoms with Crippen LogP contribution in [0.3, 0.4) is 0 Å². The predicted molar refractivity (Wildman–Crippen MR) is 161 cm³/mol. The van der Waals surface area contributed by atoms with E-state index in [4.69, 9.17) is 4.98 Å². The molecule has 3 aromatic heterocycles. The summed E-state index contributed by atoms with van der Waals surface area (Å²) in [6, 6.07) is 33.5. The molecule has 2 aromatic carbocycles. The van der Waals surface area contributed by atoms with Gasteiger partial charge in [-0.15, -0.1) is 0 Å². The molecule has 0 aliphatic heterocycles. The van der Waals surface area contributed by atoms with E-state index in [1.54, 1.807) is 0 Å². The van der Waals surface area contributed by atoms with Crippen LogP contribution >= 0.6 is 7.26 Å². The summed E-state index contributed by atoms with van der Waals surface area (Å²) >= 11 is 0. The van der Waals surface area contributed by atoms with Crippen LogP contribution in [0, 0.1) is 0 Å². The number of benzene rings is 2. The van der Waals surface area contributed by atoms with Crippen molar-refractivity contribution in [2.24, 2.45) is 0 Å². The molecule has 188 valence electrons. The molecular formula is C33H35N2OP. The fraction of sp³-hybridized carbons (Fsp3) is 0.212. The molecule has 0 amide bonds. The maximum atomic E-state index is 13.4. The molecular weight excluding hydrogens is 471 g/mol. The second-order valence-corrected chi connectivity index (χ2v) is 16.2. The van der Waals surface area contributed by atoms with Gasteiger partial charge in [0, 0.05) is 0 Å². The van der Waals surface area contributed by atoms with E-state index in [2.05, 4.69) is 119 Å². The zero-order valence-electron chi connectivity index (χ0n) is 22.3. The molecule has 0 saturated heterocycles. The van der Waals surface area contributed by atoms with Crippen LogP contribution in [0.25, 0.3) is 27.9 Å². The zero-order chi connectivity index (χ0) is 26.2. The van der Waals surface area contributed by atoms with Crippen LogP contribution in [-0.2, 0) is 11.6 Å². The van der Waals surface area contributed by atoms with E-state index in [0.29, 0.717) is 0 Å². The van der Waals surface area contributed by atoms with E-state index in [1.807, 2.05) is 22.7 Å². The van der Waals surface area contributed by atoms with Gasteiger partial charge in [-0.25, -0.2) is 0 Å². The topological polar surface area (TPSA) is 34.4 Å². The number of nitrogens with zero attached hydrogens (tertiary/aromatic N) is 2. The maximum absolute atomic E-state index is 13.4. The fourth-order valence-electron chi connectivity index (χ4n) is 5.12. The molecule has 0 aliphatic carbocycles. The number of aromatic nitrogens is 2. The van der Waals surface area contributed by atoms with Crippen molar-refractivity contribution in [3.05, 3.63) is 125 Å². The summed E-state index contributed by atoms with van der Waals surface area (Å²) in [7, 11) is -2.09. The molecule has 0 aliphatic rings. The van der Waals surface area contributed by atoms with Crippen molar-refractivity contribution in [2.75, 3.05) is 13.3 Å². The molecule has 0 bridgehead atoms. The van der Waals surface area contributed by atoms with Gasteiger partial charge in [0.1, 0.15) is 0 Å². The van der Waals surface area contributed by atoms with E-state index in [1.165, 1.54) is 11.1 Å². The molecule has 0 N–H and O–H groups in total. The Balaban J connectivity index is 1.56. The van der Waals surface area contributed by atoms with Crippen LogP contribution in [0.5, 0.6) is 0 Å². The fourth-order valence-corrected chi connectivity index (χ4v) is 7.96. The first-order chi connectivity index (χ1) is 17.6. The van der Waals surface area contributed by atoms with Gasteiger partial charge in [0.25, 0.3) is 0 Å². The molecule has 5 aromatic rings. The second-order valence-electron chi connectivity index (χ2n) is 11.5. The molecule has 4 heteroatoms. The summed E-state index contributed by atoms with van der Waals surface area (Å²) in [6.45, 7) is 11.2. The van der Waals surface area contributed by atoms with Crippen molar-refractivity contribution in [3.8, 4) is 22.4 Å². The van der Waals surface area contributed by atoms with E-state index in [0.717, 1.165) is 39.5 Å². The van der Waals surface area contributed by atoms with Gasteiger partial charge >= 0.3 is 220 Å². The number of hydrogen-bond donors (Lipinski definition) is 0. The van der Waals surface area contributed by atoms with Gasteiger partial charge < -0.3 is 0 Å². The van der Waals surface area contributed by atoms with Gasteiger partial charge in [-0.3, -0.25) is 0 Å². The number of hydrogen-bond acceptors (Lipinski definition) is 2. The van der Waals surface area contributed by atoms with E-state index < -0.39 is 7.26 Å². The quantitative estimate of drug-likeness (QED) is 0.237. The van der Waals surface area contributed by atoms with Crippen LogP contribution in [0.1, 0.15) is 31.9 Å². The van der Waals surface area contributed by atoms with Crippen LogP contribution in [0.15, 0.2) is 108 Å². The Morgan fingerprint density at radius 3 is 2.27 bits per heavy atom. The standard InChI is InChI=1S/C33H35N2OP/c1-33(2,3)27-21-28-15-11-17-32(35(28)31(36)22-27)37(4,5)23-26-14-9-10-16-29(26)30-20-25(18-19-34-30)24-12-7-6-8-13-24/h6-22,37H,23H2,1-5H3. The van der Waals surface area contributed by atoms with Gasteiger partial charge in [0.2, 0.25) is 0 Å². The molecule has 3 heterocycles. The summed E-state index contributed by atoms with van der Waals surface area (Å²) in [6.07, 6.45) is 2.81. The first-order valence-corrected chi connectivity index (χ1v) is 16.1. The van der Waals surface area contributed by atoms with Gasteiger partial charge in [-0.2, -0.15) is 0 Å². The van der Waals surface area contributed by atoms with Gasteiger partial charge in [-0.05, 0) is 0 Å². The number of pyridine rings is 3. The molecule has 5 rings (SSSR count). The molecule has 0 saturated carbocycles. The van der Waals surface area contributed by atoms with Crippen molar-refractivity contribution >= 4 is 18.2 Å². The van der Waals surface area contributed by atoms with Crippen LogP contribution in [0.2, 0.25) is 0 Å². The molecule has 37 heavy (non-hydrogen) atoms. The van der Waals surface area contributed by atoms with Gasteiger partial charge in [-0.1, -0.05) is 0 Å². The first-order valence-electron chi connectivity index (χ1n) is 12.9. The predicted octanol–water partition coefficient (Wildman–Crippen LogP) is 7.16.